The van der Waals surface area contributed by atoms with E-state index in [0.717, 1.165) is 0 Å². The fourth-order valence-corrected chi connectivity index (χ4v) is 1.72. The van der Waals surface area contributed by atoms with Crippen molar-refractivity contribution >= 4 is 23.1 Å². The lowest BCUT2D eigenvalue weighted by Gasteiger charge is -1.99. The van der Waals surface area contributed by atoms with Crippen LogP contribution < -0.4 is 0 Å². The van der Waals surface area contributed by atoms with E-state index in [9.17, 15) is 0 Å². The zero-order valence-corrected chi connectivity index (χ0v) is 6.54. The lowest BCUT2D eigenvalue weighted by Crippen LogP contribution is -1.78. The van der Waals surface area contributed by atoms with Crippen LogP contribution in [0.4, 0.5) is 0 Å². The molecule has 1 aliphatic carbocycles. The highest BCUT2D eigenvalue weighted by molar-refractivity contribution is 5.75. The Kier molecular flexibility index (Phi) is 5.46. The molecule has 0 aromatic heterocycles. The predicted octanol–water partition coefficient (Wildman–Crippen LogP) is 2.37. The zero-order chi connectivity index (χ0) is 6.69. The Balaban J connectivity index is 0.000000810. The van der Waals surface area contributed by atoms with Gasteiger partial charge < -0.3 is 0 Å². The van der Waals surface area contributed by atoms with Gasteiger partial charge in [0.2, 0.25) is 0 Å². The molecule has 0 bridgehead atoms. The molecule has 1 rings (SSSR count). The third-order valence-corrected chi connectivity index (χ3v) is 2.31. The molecule has 0 saturated carbocycles. The van der Waals surface area contributed by atoms with E-state index < -0.39 is 0 Å². The standard InChI is InChI=1S/C9H16.Mg.2H/c1-3-8-6-5-7-9(8)4-2;;;/h3-7H2,1-2H3;;;. The van der Waals surface area contributed by atoms with Crippen molar-refractivity contribution in [1.29, 1.82) is 0 Å². The lowest BCUT2D eigenvalue weighted by molar-refractivity contribution is 0.864. The van der Waals surface area contributed by atoms with Crippen LogP contribution in [0.1, 0.15) is 46.0 Å². The molecule has 0 N–H and O–H groups in total. The second-order valence-corrected chi connectivity index (χ2v) is 2.77. The average molecular weight is 151 g/mol. The summed E-state index contributed by atoms with van der Waals surface area (Å²) in [6.45, 7) is 4.55. The second kappa shape index (κ2) is 5.20. The third kappa shape index (κ3) is 2.28. The van der Waals surface area contributed by atoms with E-state index in [1.807, 2.05) is 0 Å². The SMILES string of the molecule is CCC1=C(CC)CCC1.[MgH2]. The van der Waals surface area contributed by atoms with E-state index in [0.29, 0.717) is 0 Å². The summed E-state index contributed by atoms with van der Waals surface area (Å²) < 4.78 is 0. The Hall–Kier alpha value is 0.506. The number of hydrogen-bond donors (Lipinski definition) is 0. The van der Waals surface area contributed by atoms with Crippen LogP contribution >= 0.6 is 0 Å². The van der Waals surface area contributed by atoms with E-state index in [1.165, 1.54) is 32.1 Å². The molecule has 0 spiro atoms. The Labute approximate surface area is 80.2 Å². The predicted molar refractivity (Wildman–Crippen MR) is 50.0 cm³/mol. The van der Waals surface area contributed by atoms with Crippen molar-refractivity contribution in [2.75, 3.05) is 0 Å². The topological polar surface area (TPSA) is 0 Å². The second-order valence-electron chi connectivity index (χ2n) is 2.77. The molecule has 1 aliphatic rings. The molecule has 0 nitrogen and oxygen atoms in total. The monoisotopic (exact) mass is 150 g/mol. The van der Waals surface area contributed by atoms with Gasteiger partial charge in [-0.1, -0.05) is 25.0 Å². The van der Waals surface area contributed by atoms with Gasteiger partial charge in [-0.15, -0.1) is 0 Å². The molecule has 0 unspecified atom stereocenters. The van der Waals surface area contributed by atoms with Gasteiger partial charge in [0.15, 0.2) is 0 Å². The van der Waals surface area contributed by atoms with Gasteiger partial charge in [0.25, 0.3) is 0 Å². The van der Waals surface area contributed by atoms with E-state index >= 15 is 0 Å². The molecular weight excluding hydrogens is 132 g/mol. The minimum atomic E-state index is 0. The van der Waals surface area contributed by atoms with E-state index in [1.54, 1.807) is 11.1 Å². The van der Waals surface area contributed by atoms with Crippen molar-refractivity contribution in [3.63, 3.8) is 0 Å². The van der Waals surface area contributed by atoms with Gasteiger partial charge in [0, 0.05) is 0 Å². The fraction of sp³-hybridized carbons (Fsp3) is 0.778. The Morgan fingerprint density at radius 1 is 1.00 bits per heavy atom. The van der Waals surface area contributed by atoms with Crippen LogP contribution in [0, 0.1) is 0 Å². The van der Waals surface area contributed by atoms with Gasteiger partial charge >= 0.3 is 23.1 Å². The normalized spacial score (nSPS) is 17.4. The number of allylic oxidation sites excluding steroid dienone is 2. The van der Waals surface area contributed by atoms with Gasteiger partial charge in [0.1, 0.15) is 0 Å². The van der Waals surface area contributed by atoms with E-state index in [2.05, 4.69) is 13.8 Å². The molecule has 0 aromatic rings. The first-order chi connectivity index (χ1) is 4.38. The largest absolute Gasteiger partial charge is 0.316 e. The van der Waals surface area contributed by atoms with E-state index in [4.69, 9.17) is 0 Å². The lowest BCUT2D eigenvalue weighted by atomic mass is 10.1. The smallest absolute Gasteiger partial charge is 0.0713 e. The molecule has 56 valence electrons. The first-order valence-corrected chi connectivity index (χ1v) is 4.08. The highest BCUT2D eigenvalue weighted by Gasteiger charge is 2.09. The number of hydrogen-bond acceptors (Lipinski definition) is 0. The van der Waals surface area contributed by atoms with Crippen LogP contribution in [0.5, 0.6) is 0 Å². The maximum absolute atomic E-state index is 2.27. The summed E-state index contributed by atoms with van der Waals surface area (Å²) in [7, 11) is 0. The Bertz CT molecular complexity index is 111. The molecular formula is C9H18Mg. The summed E-state index contributed by atoms with van der Waals surface area (Å²) in [5.41, 5.74) is 3.50. The summed E-state index contributed by atoms with van der Waals surface area (Å²) in [6.07, 6.45) is 6.79. The van der Waals surface area contributed by atoms with Crippen molar-refractivity contribution in [3.05, 3.63) is 11.1 Å². The molecule has 0 heterocycles. The molecule has 0 aromatic carbocycles. The summed E-state index contributed by atoms with van der Waals surface area (Å²) in [6, 6.07) is 0. The summed E-state index contributed by atoms with van der Waals surface area (Å²) >= 11 is 0. The van der Waals surface area contributed by atoms with Crippen LogP contribution in [0.15, 0.2) is 11.1 Å². The van der Waals surface area contributed by atoms with Gasteiger partial charge in [0.05, 0.1) is 0 Å². The van der Waals surface area contributed by atoms with Gasteiger partial charge in [-0.25, -0.2) is 0 Å². The van der Waals surface area contributed by atoms with Crippen LogP contribution in [0.25, 0.3) is 0 Å². The van der Waals surface area contributed by atoms with Gasteiger partial charge in [-0.2, -0.15) is 0 Å². The van der Waals surface area contributed by atoms with Crippen LogP contribution in [0.3, 0.4) is 0 Å². The minimum Gasteiger partial charge on any atom is -0.0713 e. The Morgan fingerprint density at radius 2 is 1.40 bits per heavy atom. The van der Waals surface area contributed by atoms with Crippen molar-refractivity contribution < 1.29 is 0 Å². The minimum absolute atomic E-state index is 0. The fourth-order valence-electron chi connectivity index (χ4n) is 1.72. The molecule has 0 amide bonds. The first-order valence-electron chi connectivity index (χ1n) is 4.08. The first kappa shape index (κ1) is 10.5. The molecule has 0 radical (unpaired) electrons. The average Bonchev–Trinajstić information content (AvgIpc) is 2.33. The molecule has 10 heavy (non-hydrogen) atoms. The summed E-state index contributed by atoms with van der Waals surface area (Å²) in [5, 5.41) is 0. The van der Waals surface area contributed by atoms with Crippen molar-refractivity contribution in [3.8, 4) is 0 Å². The molecule has 0 aliphatic heterocycles. The van der Waals surface area contributed by atoms with Crippen LogP contribution in [-0.4, -0.2) is 23.1 Å². The maximum atomic E-state index is 2.27. The molecule has 0 saturated heterocycles. The summed E-state index contributed by atoms with van der Waals surface area (Å²) in [4.78, 5) is 0. The molecule has 1 heteroatoms. The summed E-state index contributed by atoms with van der Waals surface area (Å²) in [5.74, 6) is 0. The maximum Gasteiger partial charge on any atom is 0.316 e. The highest BCUT2D eigenvalue weighted by Crippen LogP contribution is 2.29. The van der Waals surface area contributed by atoms with Crippen molar-refractivity contribution in [1.82, 2.24) is 0 Å². The van der Waals surface area contributed by atoms with Gasteiger partial charge in [-0.3, -0.25) is 0 Å². The molecule has 0 atom stereocenters. The van der Waals surface area contributed by atoms with E-state index in [-0.39, 0.29) is 23.1 Å². The van der Waals surface area contributed by atoms with Crippen molar-refractivity contribution in [2.45, 2.75) is 46.0 Å². The van der Waals surface area contributed by atoms with Crippen LogP contribution in [0.2, 0.25) is 0 Å². The number of rotatable bonds is 2. The third-order valence-electron chi connectivity index (χ3n) is 2.31. The quantitative estimate of drug-likeness (QED) is 0.419. The van der Waals surface area contributed by atoms with Crippen LogP contribution in [-0.2, 0) is 0 Å². The Morgan fingerprint density at radius 3 is 1.70 bits per heavy atom. The molecule has 0 fully saturated rings. The van der Waals surface area contributed by atoms with Gasteiger partial charge in [-0.05, 0) is 32.1 Å². The van der Waals surface area contributed by atoms with Crippen molar-refractivity contribution in [2.24, 2.45) is 0 Å². The highest BCUT2D eigenvalue weighted by atomic mass is 24.3. The zero-order valence-electron chi connectivity index (χ0n) is 6.54.